The Morgan fingerprint density at radius 1 is 1.20 bits per heavy atom. The summed E-state index contributed by atoms with van der Waals surface area (Å²) < 4.78 is 7.66. The van der Waals surface area contributed by atoms with Crippen molar-refractivity contribution in [3.05, 3.63) is 53.3 Å². The quantitative estimate of drug-likeness (QED) is 0.702. The van der Waals surface area contributed by atoms with E-state index in [1.165, 1.54) is 0 Å². The zero-order valence-electron chi connectivity index (χ0n) is 15.1. The summed E-state index contributed by atoms with van der Waals surface area (Å²) >= 11 is 0. The maximum Gasteiger partial charge on any atom is 0.257 e. The Bertz CT molecular complexity index is 928. The van der Waals surface area contributed by atoms with Gasteiger partial charge in [0.25, 0.3) is 11.7 Å². The van der Waals surface area contributed by atoms with Crippen molar-refractivity contribution in [2.45, 2.75) is 27.2 Å². The highest BCUT2D eigenvalue weighted by atomic mass is 16.5. The number of carbonyl (C=O) groups is 1. The minimum atomic E-state index is -0.0457. The van der Waals surface area contributed by atoms with E-state index in [0.29, 0.717) is 12.1 Å². The van der Waals surface area contributed by atoms with Gasteiger partial charge >= 0.3 is 0 Å². The minimum Gasteiger partial charge on any atom is -0.492 e. The van der Waals surface area contributed by atoms with Crippen LogP contribution in [-0.4, -0.2) is 24.5 Å². The van der Waals surface area contributed by atoms with E-state index in [0.717, 1.165) is 40.3 Å². The molecule has 0 bridgehead atoms. The molecule has 3 aromatic rings. The number of amides is 1. The zero-order chi connectivity index (χ0) is 18.0. The van der Waals surface area contributed by atoms with Gasteiger partial charge in [0.05, 0.1) is 7.11 Å². The molecule has 0 saturated carbocycles. The third-order valence-electron chi connectivity index (χ3n) is 4.26. The Balaban J connectivity index is 2.11. The van der Waals surface area contributed by atoms with Crippen LogP contribution in [0.3, 0.4) is 0 Å². The van der Waals surface area contributed by atoms with E-state index in [1.54, 1.807) is 7.11 Å². The summed E-state index contributed by atoms with van der Waals surface area (Å²) in [6, 6.07) is 11.8. The lowest BCUT2D eigenvalue weighted by atomic mass is 10.1. The molecule has 3 rings (SSSR count). The lowest BCUT2D eigenvalue weighted by Gasteiger charge is -2.08. The van der Waals surface area contributed by atoms with Gasteiger partial charge in [0.15, 0.2) is 22.5 Å². The van der Waals surface area contributed by atoms with Gasteiger partial charge < -0.3 is 10.1 Å². The van der Waals surface area contributed by atoms with E-state index >= 15 is 0 Å². The first kappa shape index (κ1) is 17.0. The summed E-state index contributed by atoms with van der Waals surface area (Å²) in [4.78, 5) is 15.6. The average molecular weight is 338 g/mol. The molecule has 0 atom stereocenters. The molecular formula is C20H24N3O2+. The van der Waals surface area contributed by atoms with Crippen LogP contribution < -0.4 is 14.6 Å². The van der Waals surface area contributed by atoms with Crippen LogP contribution in [0.1, 0.15) is 35.1 Å². The molecule has 130 valence electrons. The van der Waals surface area contributed by atoms with E-state index in [9.17, 15) is 4.79 Å². The van der Waals surface area contributed by atoms with Crippen LogP contribution in [0.15, 0.2) is 36.4 Å². The number of H-pyrrole nitrogens is 1. The van der Waals surface area contributed by atoms with Crippen molar-refractivity contribution < 1.29 is 14.1 Å². The van der Waals surface area contributed by atoms with Gasteiger partial charge in [-0.25, -0.2) is 4.98 Å². The molecule has 0 aliphatic rings. The van der Waals surface area contributed by atoms with Crippen LogP contribution in [0.4, 0.5) is 0 Å². The summed E-state index contributed by atoms with van der Waals surface area (Å²) in [6.07, 6.45) is 0.919. The Hall–Kier alpha value is -2.82. The van der Waals surface area contributed by atoms with E-state index in [4.69, 9.17) is 4.74 Å². The molecule has 0 aliphatic carbocycles. The highest BCUT2D eigenvalue weighted by molar-refractivity contribution is 5.97. The largest absolute Gasteiger partial charge is 0.492 e. The maximum atomic E-state index is 12.2. The summed E-state index contributed by atoms with van der Waals surface area (Å²) in [6.45, 7) is 6.79. The number of nitrogens with zero attached hydrogens (tertiary/aromatic N) is 1. The van der Waals surface area contributed by atoms with E-state index in [1.807, 2.05) is 44.2 Å². The van der Waals surface area contributed by atoms with Crippen LogP contribution in [0, 0.1) is 13.8 Å². The van der Waals surface area contributed by atoms with Gasteiger partial charge in [-0.1, -0.05) is 13.0 Å². The fourth-order valence-corrected chi connectivity index (χ4v) is 3.03. The molecule has 0 spiro atoms. The average Bonchev–Trinajstić information content (AvgIpc) is 2.94. The summed E-state index contributed by atoms with van der Waals surface area (Å²) in [7, 11) is 1.68. The monoisotopic (exact) mass is 338 g/mol. The van der Waals surface area contributed by atoms with Gasteiger partial charge in [-0.2, -0.15) is 4.57 Å². The lowest BCUT2D eigenvalue weighted by molar-refractivity contribution is -0.574. The first-order valence-electron chi connectivity index (χ1n) is 8.52. The number of fused-ring (bicyclic) bond motifs is 1. The van der Waals surface area contributed by atoms with Crippen LogP contribution in [0.5, 0.6) is 5.75 Å². The van der Waals surface area contributed by atoms with E-state index in [2.05, 4.69) is 27.9 Å². The number of hydrogen-bond donors (Lipinski definition) is 2. The van der Waals surface area contributed by atoms with Crippen molar-refractivity contribution in [3.63, 3.8) is 0 Å². The number of aromatic nitrogens is 2. The van der Waals surface area contributed by atoms with Crippen LogP contribution in [-0.2, 0) is 0 Å². The number of aryl methyl sites for hydroxylation is 2. The number of imidazole rings is 1. The fourth-order valence-electron chi connectivity index (χ4n) is 3.03. The lowest BCUT2D eigenvalue weighted by Crippen LogP contribution is -2.33. The molecule has 2 N–H and O–H groups in total. The predicted octanol–water partition coefficient (Wildman–Crippen LogP) is 3.21. The molecule has 2 aromatic carbocycles. The molecule has 0 unspecified atom stereocenters. The van der Waals surface area contributed by atoms with Gasteiger partial charge in [0, 0.05) is 25.1 Å². The first-order valence-corrected chi connectivity index (χ1v) is 8.52. The summed E-state index contributed by atoms with van der Waals surface area (Å²) in [5.74, 6) is 1.74. The molecule has 0 fully saturated rings. The van der Waals surface area contributed by atoms with Gasteiger partial charge in [-0.05, 0) is 43.2 Å². The molecule has 1 amide bonds. The van der Waals surface area contributed by atoms with E-state index in [-0.39, 0.29) is 5.91 Å². The zero-order valence-corrected chi connectivity index (χ0v) is 15.1. The smallest absolute Gasteiger partial charge is 0.257 e. The van der Waals surface area contributed by atoms with Crippen molar-refractivity contribution in [2.75, 3.05) is 13.7 Å². The first-order chi connectivity index (χ1) is 12.0. The number of carbonyl (C=O) groups excluding carboxylic acids is 1. The molecule has 5 heteroatoms. The number of rotatable bonds is 5. The van der Waals surface area contributed by atoms with Crippen molar-refractivity contribution in [1.82, 2.24) is 10.3 Å². The molecule has 0 radical (unpaired) electrons. The van der Waals surface area contributed by atoms with Crippen molar-refractivity contribution >= 4 is 16.9 Å². The number of ether oxygens (including phenoxy) is 1. The topological polar surface area (TPSA) is 58.0 Å². The number of aromatic amines is 1. The van der Waals surface area contributed by atoms with Crippen molar-refractivity contribution in [2.24, 2.45) is 0 Å². The second kappa shape index (κ2) is 6.97. The van der Waals surface area contributed by atoms with Crippen LogP contribution in [0.2, 0.25) is 0 Å². The molecule has 1 aromatic heterocycles. The summed E-state index contributed by atoms with van der Waals surface area (Å²) in [5.41, 5.74) is 4.73. The minimum absolute atomic E-state index is 0.0457. The molecule has 1 heterocycles. The third-order valence-corrected chi connectivity index (χ3v) is 4.26. The molecule has 25 heavy (non-hydrogen) atoms. The molecule has 5 nitrogen and oxygen atoms in total. The van der Waals surface area contributed by atoms with Gasteiger partial charge in [-0.15, -0.1) is 0 Å². The standard InChI is InChI=1S/C20H23N3O2/c1-5-10-21-20(24)15-7-8-17-16(12-15)22-14(3)23(17)18-11-13(2)6-9-19(18)25-4/h6-9,11-12H,5,10H2,1-4H3,(H,21,24)/p+1. The maximum absolute atomic E-state index is 12.2. The number of hydrogen-bond acceptors (Lipinski definition) is 2. The Morgan fingerprint density at radius 3 is 2.72 bits per heavy atom. The van der Waals surface area contributed by atoms with Gasteiger partial charge in [0.2, 0.25) is 0 Å². The molecule has 0 saturated heterocycles. The number of nitrogens with one attached hydrogen (secondary N) is 2. The predicted molar refractivity (Wildman–Crippen MR) is 98.5 cm³/mol. The highest BCUT2D eigenvalue weighted by Crippen LogP contribution is 2.23. The Kier molecular flexibility index (Phi) is 4.74. The molecular weight excluding hydrogens is 314 g/mol. The highest BCUT2D eigenvalue weighted by Gasteiger charge is 2.21. The van der Waals surface area contributed by atoms with Crippen molar-refractivity contribution in [1.29, 1.82) is 0 Å². The SMILES string of the molecule is CCCNC(=O)c1ccc2c(c1)[nH]c(C)[n+]2-c1cc(C)ccc1OC. The summed E-state index contributed by atoms with van der Waals surface area (Å²) in [5, 5.41) is 2.91. The van der Waals surface area contributed by atoms with Gasteiger partial charge in [-0.3, -0.25) is 4.79 Å². The third kappa shape index (κ3) is 3.22. The Morgan fingerprint density at radius 2 is 2.00 bits per heavy atom. The Labute approximate surface area is 147 Å². The second-order valence-electron chi connectivity index (χ2n) is 6.21. The number of methoxy groups -OCH3 is 1. The second-order valence-corrected chi connectivity index (χ2v) is 6.21. The van der Waals surface area contributed by atoms with Crippen molar-refractivity contribution in [3.8, 4) is 11.4 Å². The van der Waals surface area contributed by atoms with E-state index < -0.39 is 0 Å². The van der Waals surface area contributed by atoms with Crippen LogP contribution >= 0.6 is 0 Å². The molecule has 0 aliphatic heterocycles. The normalized spacial score (nSPS) is 10.9. The fraction of sp³-hybridized carbons (Fsp3) is 0.300. The van der Waals surface area contributed by atoms with Crippen LogP contribution in [0.25, 0.3) is 16.7 Å². The van der Waals surface area contributed by atoms with Gasteiger partial charge in [0.1, 0.15) is 0 Å². The number of benzene rings is 2.